The Labute approximate surface area is 144 Å². The van der Waals surface area contributed by atoms with Crippen molar-refractivity contribution in [3.63, 3.8) is 0 Å². The zero-order chi connectivity index (χ0) is 17.1. The monoisotopic (exact) mass is 344 g/mol. The molecule has 1 aliphatic rings. The summed E-state index contributed by atoms with van der Waals surface area (Å²) in [5.74, 6) is -1.25. The SMILES string of the molecule is Cc1ccsc1-c1cccc(NC(=O)C(=O)N2CCCC(O)C2)c1. The van der Waals surface area contributed by atoms with Crippen LogP contribution in [-0.4, -0.2) is 41.0 Å². The molecule has 24 heavy (non-hydrogen) atoms. The predicted molar refractivity (Wildman–Crippen MR) is 94.9 cm³/mol. The summed E-state index contributed by atoms with van der Waals surface area (Å²) >= 11 is 1.64. The number of carbonyl (C=O) groups excluding carboxylic acids is 2. The highest BCUT2D eigenvalue weighted by Gasteiger charge is 2.26. The molecule has 0 spiro atoms. The maximum Gasteiger partial charge on any atom is 0.313 e. The van der Waals surface area contributed by atoms with Crippen LogP contribution in [0.5, 0.6) is 0 Å². The quantitative estimate of drug-likeness (QED) is 0.823. The van der Waals surface area contributed by atoms with Gasteiger partial charge in [0.2, 0.25) is 0 Å². The molecule has 2 heterocycles. The van der Waals surface area contributed by atoms with E-state index < -0.39 is 17.9 Å². The fraction of sp³-hybridized carbons (Fsp3) is 0.333. The normalized spacial score (nSPS) is 17.6. The van der Waals surface area contributed by atoms with E-state index in [0.717, 1.165) is 10.4 Å². The largest absolute Gasteiger partial charge is 0.391 e. The second kappa shape index (κ2) is 7.15. The van der Waals surface area contributed by atoms with Crippen LogP contribution in [0.1, 0.15) is 18.4 Å². The fourth-order valence-electron chi connectivity index (χ4n) is 2.87. The van der Waals surface area contributed by atoms with Gasteiger partial charge in [0.25, 0.3) is 0 Å². The van der Waals surface area contributed by atoms with Crippen molar-refractivity contribution >= 4 is 28.8 Å². The Balaban J connectivity index is 1.70. The number of thiophene rings is 1. The number of piperidine rings is 1. The van der Waals surface area contributed by atoms with Gasteiger partial charge in [0.05, 0.1) is 6.10 Å². The van der Waals surface area contributed by atoms with Crippen LogP contribution in [0.4, 0.5) is 5.69 Å². The maximum atomic E-state index is 12.2. The van der Waals surface area contributed by atoms with Crippen molar-refractivity contribution < 1.29 is 14.7 Å². The van der Waals surface area contributed by atoms with Gasteiger partial charge in [0.1, 0.15) is 0 Å². The van der Waals surface area contributed by atoms with Crippen LogP contribution in [0.25, 0.3) is 10.4 Å². The van der Waals surface area contributed by atoms with Gasteiger partial charge >= 0.3 is 11.8 Å². The number of benzene rings is 1. The highest BCUT2D eigenvalue weighted by molar-refractivity contribution is 7.13. The van der Waals surface area contributed by atoms with Crippen molar-refractivity contribution in [3.05, 3.63) is 41.3 Å². The molecule has 0 aliphatic carbocycles. The van der Waals surface area contributed by atoms with E-state index in [2.05, 4.69) is 11.4 Å². The fourth-order valence-corrected chi connectivity index (χ4v) is 3.80. The van der Waals surface area contributed by atoms with E-state index in [-0.39, 0.29) is 6.54 Å². The van der Waals surface area contributed by atoms with Crippen molar-refractivity contribution in [1.82, 2.24) is 4.90 Å². The van der Waals surface area contributed by atoms with Crippen LogP contribution in [0.15, 0.2) is 35.7 Å². The molecule has 3 rings (SSSR count). The smallest absolute Gasteiger partial charge is 0.313 e. The number of aryl methyl sites for hydroxylation is 1. The summed E-state index contributed by atoms with van der Waals surface area (Å²) in [5.41, 5.74) is 2.79. The molecule has 1 fully saturated rings. The Hall–Kier alpha value is -2.18. The number of nitrogens with zero attached hydrogens (tertiary/aromatic N) is 1. The van der Waals surface area contributed by atoms with E-state index in [1.807, 2.05) is 30.5 Å². The number of amides is 2. The minimum Gasteiger partial charge on any atom is -0.391 e. The Bertz CT molecular complexity index is 756. The van der Waals surface area contributed by atoms with Gasteiger partial charge in [-0.05, 0) is 54.5 Å². The van der Waals surface area contributed by atoms with Gasteiger partial charge in [-0.1, -0.05) is 12.1 Å². The van der Waals surface area contributed by atoms with Crippen LogP contribution >= 0.6 is 11.3 Å². The first-order valence-corrected chi connectivity index (χ1v) is 8.85. The van der Waals surface area contributed by atoms with E-state index in [4.69, 9.17) is 0 Å². The summed E-state index contributed by atoms with van der Waals surface area (Å²) in [6.07, 6.45) is 0.849. The highest BCUT2D eigenvalue weighted by atomic mass is 32.1. The van der Waals surface area contributed by atoms with E-state index in [9.17, 15) is 14.7 Å². The number of aliphatic hydroxyl groups is 1. The van der Waals surface area contributed by atoms with Crippen LogP contribution in [0, 0.1) is 6.92 Å². The lowest BCUT2D eigenvalue weighted by molar-refractivity contribution is -0.145. The minimum absolute atomic E-state index is 0.223. The Morgan fingerprint density at radius 2 is 2.17 bits per heavy atom. The number of hydrogen-bond acceptors (Lipinski definition) is 4. The summed E-state index contributed by atoms with van der Waals surface area (Å²) < 4.78 is 0. The summed E-state index contributed by atoms with van der Waals surface area (Å²) in [6.45, 7) is 2.78. The van der Waals surface area contributed by atoms with E-state index in [0.29, 0.717) is 25.1 Å². The third-order valence-corrected chi connectivity index (χ3v) is 5.19. The second-order valence-corrected chi connectivity index (χ2v) is 6.93. The van der Waals surface area contributed by atoms with Crippen molar-refractivity contribution in [3.8, 4) is 10.4 Å². The molecule has 0 bridgehead atoms. The second-order valence-electron chi connectivity index (χ2n) is 6.01. The van der Waals surface area contributed by atoms with Crippen LogP contribution in [0.3, 0.4) is 0 Å². The lowest BCUT2D eigenvalue weighted by Crippen LogP contribution is -2.46. The number of aliphatic hydroxyl groups excluding tert-OH is 1. The highest BCUT2D eigenvalue weighted by Crippen LogP contribution is 2.30. The van der Waals surface area contributed by atoms with Crippen LogP contribution in [-0.2, 0) is 9.59 Å². The molecule has 1 aliphatic heterocycles. The average molecular weight is 344 g/mol. The van der Waals surface area contributed by atoms with Crippen LogP contribution in [0.2, 0.25) is 0 Å². The lowest BCUT2D eigenvalue weighted by Gasteiger charge is -2.29. The standard InChI is InChI=1S/C18H20N2O3S/c1-12-7-9-24-16(12)13-4-2-5-14(10-13)19-17(22)18(23)20-8-3-6-15(21)11-20/h2,4-5,7,9-10,15,21H,3,6,8,11H2,1H3,(H,19,22). The number of rotatable bonds is 2. The zero-order valence-electron chi connectivity index (χ0n) is 13.5. The molecule has 1 saturated heterocycles. The summed E-state index contributed by atoms with van der Waals surface area (Å²) in [6, 6.07) is 9.53. The molecule has 2 amide bonds. The molecule has 2 N–H and O–H groups in total. The molecular weight excluding hydrogens is 324 g/mol. The van der Waals surface area contributed by atoms with Crippen LogP contribution < -0.4 is 5.32 Å². The number of anilines is 1. The zero-order valence-corrected chi connectivity index (χ0v) is 14.3. The Morgan fingerprint density at radius 3 is 2.88 bits per heavy atom. The van der Waals surface area contributed by atoms with E-state index in [1.54, 1.807) is 17.4 Å². The van der Waals surface area contributed by atoms with Crippen molar-refractivity contribution in [2.24, 2.45) is 0 Å². The van der Waals surface area contributed by atoms with Crippen molar-refractivity contribution in [1.29, 1.82) is 0 Å². The topological polar surface area (TPSA) is 69.6 Å². The number of carbonyl (C=O) groups is 2. The number of hydrogen-bond donors (Lipinski definition) is 2. The van der Waals surface area contributed by atoms with Gasteiger partial charge in [-0.2, -0.15) is 0 Å². The Morgan fingerprint density at radius 1 is 1.33 bits per heavy atom. The molecule has 6 heteroatoms. The maximum absolute atomic E-state index is 12.2. The van der Waals surface area contributed by atoms with Gasteiger partial charge in [0, 0.05) is 23.7 Å². The van der Waals surface area contributed by atoms with Gasteiger partial charge in [-0.3, -0.25) is 9.59 Å². The Kier molecular flexibility index (Phi) is 4.97. The lowest BCUT2D eigenvalue weighted by atomic mass is 10.1. The predicted octanol–water partition coefficient (Wildman–Crippen LogP) is 2.65. The number of likely N-dealkylation sites (tertiary alicyclic amines) is 1. The van der Waals surface area contributed by atoms with Gasteiger partial charge in [-0.25, -0.2) is 0 Å². The molecule has 1 atom stereocenters. The van der Waals surface area contributed by atoms with Gasteiger partial charge in [0.15, 0.2) is 0 Å². The first kappa shape index (κ1) is 16.7. The minimum atomic E-state index is -0.663. The molecule has 0 saturated carbocycles. The molecule has 126 valence electrons. The number of β-amino-alcohol motifs (C(OH)–C–C–N with tert-alkyl or cyclic N) is 1. The van der Waals surface area contributed by atoms with E-state index >= 15 is 0 Å². The summed E-state index contributed by atoms with van der Waals surface area (Å²) in [5, 5.41) is 14.3. The molecular formula is C18H20N2O3S. The molecule has 1 aromatic carbocycles. The first-order chi connectivity index (χ1) is 11.5. The first-order valence-electron chi connectivity index (χ1n) is 7.97. The average Bonchev–Trinajstić information content (AvgIpc) is 3.00. The summed E-state index contributed by atoms with van der Waals surface area (Å²) in [7, 11) is 0. The summed E-state index contributed by atoms with van der Waals surface area (Å²) in [4.78, 5) is 27.0. The van der Waals surface area contributed by atoms with E-state index in [1.165, 1.54) is 10.5 Å². The molecule has 5 nitrogen and oxygen atoms in total. The van der Waals surface area contributed by atoms with Crippen molar-refractivity contribution in [2.45, 2.75) is 25.9 Å². The third-order valence-electron chi connectivity index (χ3n) is 4.12. The molecule has 2 aromatic rings. The number of nitrogens with one attached hydrogen (secondary N) is 1. The van der Waals surface area contributed by atoms with Gasteiger partial charge in [-0.15, -0.1) is 11.3 Å². The van der Waals surface area contributed by atoms with Gasteiger partial charge < -0.3 is 15.3 Å². The third kappa shape index (κ3) is 3.66. The molecule has 1 aromatic heterocycles. The molecule has 1 unspecified atom stereocenters. The molecule has 0 radical (unpaired) electrons. The van der Waals surface area contributed by atoms with Crippen molar-refractivity contribution in [2.75, 3.05) is 18.4 Å².